The Morgan fingerprint density at radius 3 is 2.74 bits per heavy atom. The molecule has 0 aliphatic rings. The van der Waals surface area contributed by atoms with Gasteiger partial charge in [0, 0.05) is 11.8 Å². The molecule has 0 aliphatic carbocycles. The molecule has 0 fully saturated rings. The van der Waals surface area contributed by atoms with E-state index in [9.17, 15) is 14.0 Å². The molecule has 0 aliphatic heterocycles. The lowest BCUT2D eigenvalue weighted by Crippen LogP contribution is -2.23. The molecule has 1 aromatic carbocycles. The van der Waals surface area contributed by atoms with Crippen LogP contribution in [0.5, 0.6) is 0 Å². The van der Waals surface area contributed by atoms with Crippen molar-refractivity contribution in [2.45, 2.75) is 6.92 Å². The summed E-state index contributed by atoms with van der Waals surface area (Å²) in [6.07, 6.45) is 1.40. The van der Waals surface area contributed by atoms with Gasteiger partial charge >= 0.3 is 5.97 Å². The zero-order valence-electron chi connectivity index (χ0n) is 9.72. The van der Waals surface area contributed by atoms with Crippen molar-refractivity contribution in [1.82, 2.24) is 9.78 Å². The minimum Gasteiger partial charge on any atom is -0.476 e. The summed E-state index contributed by atoms with van der Waals surface area (Å²) in [4.78, 5) is 22.5. The number of aromatic carboxylic acids is 1. The molecule has 0 amide bonds. The fraction of sp³-hybridized carbons (Fsp3) is 0.0833. The lowest BCUT2D eigenvalue weighted by Gasteiger charge is -2.08. The van der Waals surface area contributed by atoms with E-state index in [1.807, 2.05) is 0 Å². The summed E-state index contributed by atoms with van der Waals surface area (Å²) in [6.45, 7) is 1.49. The van der Waals surface area contributed by atoms with E-state index >= 15 is 0 Å². The molecule has 0 saturated heterocycles. The normalized spacial score (nSPS) is 10.5. The number of aryl methyl sites for hydroxylation is 1. The van der Waals surface area contributed by atoms with Crippen LogP contribution in [0, 0.1) is 12.7 Å². The number of carbonyl (C=O) groups is 1. The second-order valence-corrected chi connectivity index (χ2v) is 4.69. The first-order valence-corrected chi connectivity index (χ1v) is 5.98. The maximum atomic E-state index is 13.1. The number of hydrogen-bond acceptors (Lipinski definition) is 3. The predicted octanol–water partition coefficient (Wildman–Crippen LogP) is 2.14. The molecule has 1 heterocycles. The molecule has 0 spiro atoms. The first-order chi connectivity index (χ1) is 8.90. The van der Waals surface area contributed by atoms with Gasteiger partial charge in [0.15, 0.2) is 0 Å². The Hall–Kier alpha value is -2.02. The van der Waals surface area contributed by atoms with Gasteiger partial charge in [-0.25, -0.2) is 13.9 Å². The monoisotopic (exact) mass is 326 g/mol. The van der Waals surface area contributed by atoms with Gasteiger partial charge in [0.05, 0.1) is 10.2 Å². The summed E-state index contributed by atoms with van der Waals surface area (Å²) in [5.41, 5.74) is -0.517. The number of hydrogen-bond donors (Lipinski definition) is 1. The zero-order valence-corrected chi connectivity index (χ0v) is 11.3. The molecule has 2 aromatic rings. The molecule has 0 atom stereocenters. The third-order valence-corrected chi connectivity index (χ3v) is 3.07. The van der Waals surface area contributed by atoms with Crippen LogP contribution in [0.1, 0.15) is 16.1 Å². The van der Waals surface area contributed by atoms with Crippen LogP contribution in [-0.2, 0) is 0 Å². The Labute approximate surface area is 115 Å². The van der Waals surface area contributed by atoms with Crippen molar-refractivity contribution in [3.63, 3.8) is 0 Å². The van der Waals surface area contributed by atoms with E-state index in [2.05, 4.69) is 21.0 Å². The Bertz CT molecular complexity index is 727. The van der Waals surface area contributed by atoms with E-state index in [1.54, 1.807) is 0 Å². The molecule has 5 nitrogen and oxygen atoms in total. The van der Waals surface area contributed by atoms with Crippen molar-refractivity contribution in [2.75, 3.05) is 0 Å². The van der Waals surface area contributed by atoms with Gasteiger partial charge in [-0.2, -0.15) is 5.10 Å². The Kier molecular flexibility index (Phi) is 3.48. The molecule has 7 heteroatoms. The molecule has 1 N–H and O–H groups in total. The molecular formula is C12H8BrFN2O3. The van der Waals surface area contributed by atoms with Gasteiger partial charge in [-0.3, -0.25) is 4.79 Å². The molecule has 2 rings (SSSR count). The quantitative estimate of drug-likeness (QED) is 0.917. The standard InChI is InChI=1S/C12H8BrFN2O3/c1-6-5-16(15-10(11(6)17)12(18)19)7-2-3-9(14)8(13)4-7/h2-5H,1H3,(H,18,19). The number of carboxylic acid groups (broad SMARTS) is 1. The number of carboxylic acids is 1. The average molecular weight is 327 g/mol. The summed E-state index contributed by atoms with van der Waals surface area (Å²) >= 11 is 3.03. The van der Waals surface area contributed by atoms with Crippen LogP contribution in [0.15, 0.2) is 33.7 Å². The maximum Gasteiger partial charge on any atom is 0.360 e. The minimum atomic E-state index is -1.40. The SMILES string of the molecule is Cc1cn(-c2ccc(F)c(Br)c2)nc(C(=O)O)c1=O. The molecule has 0 unspecified atom stereocenters. The molecule has 0 radical (unpaired) electrons. The molecular weight excluding hydrogens is 319 g/mol. The highest BCUT2D eigenvalue weighted by molar-refractivity contribution is 9.10. The van der Waals surface area contributed by atoms with E-state index in [1.165, 1.54) is 36.0 Å². The average Bonchev–Trinajstić information content (AvgIpc) is 2.35. The van der Waals surface area contributed by atoms with E-state index < -0.39 is 22.9 Å². The largest absolute Gasteiger partial charge is 0.476 e. The minimum absolute atomic E-state index is 0.222. The molecule has 0 bridgehead atoms. The van der Waals surface area contributed by atoms with Crippen LogP contribution in [0.3, 0.4) is 0 Å². The van der Waals surface area contributed by atoms with E-state index in [0.29, 0.717) is 5.69 Å². The topological polar surface area (TPSA) is 72.2 Å². The first kappa shape index (κ1) is 13.4. The van der Waals surface area contributed by atoms with Crippen molar-refractivity contribution < 1.29 is 14.3 Å². The first-order valence-electron chi connectivity index (χ1n) is 5.19. The van der Waals surface area contributed by atoms with Gasteiger partial charge in [-0.05, 0) is 41.1 Å². The van der Waals surface area contributed by atoms with Gasteiger partial charge in [0.2, 0.25) is 11.1 Å². The molecule has 1 aromatic heterocycles. The lowest BCUT2D eigenvalue weighted by atomic mass is 10.2. The number of aromatic nitrogens is 2. The van der Waals surface area contributed by atoms with Gasteiger partial charge < -0.3 is 5.11 Å². The molecule has 0 saturated carbocycles. The number of benzene rings is 1. The zero-order chi connectivity index (χ0) is 14.2. The number of halogens is 2. The highest BCUT2D eigenvalue weighted by atomic mass is 79.9. The van der Waals surface area contributed by atoms with Gasteiger partial charge in [-0.1, -0.05) is 0 Å². The van der Waals surface area contributed by atoms with E-state index in [0.717, 1.165) is 0 Å². The maximum absolute atomic E-state index is 13.1. The molecule has 98 valence electrons. The summed E-state index contributed by atoms with van der Waals surface area (Å²) < 4.78 is 14.6. The van der Waals surface area contributed by atoms with Gasteiger partial charge in [-0.15, -0.1) is 0 Å². The summed E-state index contributed by atoms with van der Waals surface area (Å²) in [5, 5.41) is 12.7. The third-order valence-electron chi connectivity index (χ3n) is 2.47. The van der Waals surface area contributed by atoms with Crippen molar-refractivity contribution >= 4 is 21.9 Å². The van der Waals surface area contributed by atoms with Gasteiger partial charge in [0.25, 0.3) is 0 Å². The van der Waals surface area contributed by atoms with Crippen LogP contribution in [0.4, 0.5) is 4.39 Å². The highest BCUT2D eigenvalue weighted by Gasteiger charge is 2.14. The van der Waals surface area contributed by atoms with E-state index in [4.69, 9.17) is 5.11 Å². The van der Waals surface area contributed by atoms with Crippen molar-refractivity contribution in [2.24, 2.45) is 0 Å². The van der Waals surface area contributed by atoms with Crippen LogP contribution in [0.25, 0.3) is 5.69 Å². The smallest absolute Gasteiger partial charge is 0.360 e. The third kappa shape index (κ3) is 2.55. The lowest BCUT2D eigenvalue weighted by molar-refractivity contribution is 0.0686. The number of nitrogens with zero attached hydrogens (tertiary/aromatic N) is 2. The van der Waals surface area contributed by atoms with Crippen molar-refractivity contribution in [1.29, 1.82) is 0 Å². The fourth-order valence-corrected chi connectivity index (χ4v) is 1.88. The van der Waals surface area contributed by atoms with Crippen LogP contribution >= 0.6 is 15.9 Å². The predicted molar refractivity (Wildman–Crippen MR) is 69.2 cm³/mol. The van der Waals surface area contributed by atoms with Crippen LogP contribution in [0.2, 0.25) is 0 Å². The molecule has 19 heavy (non-hydrogen) atoms. The number of rotatable bonds is 2. The van der Waals surface area contributed by atoms with Crippen molar-refractivity contribution in [3.05, 3.63) is 56.2 Å². The fourth-order valence-electron chi connectivity index (χ4n) is 1.51. The van der Waals surface area contributed by atoms with Gasteiger partial charge in [0.1, 0.15) is 5.82 Å². The van der Waals surface area contributed by atoms with Crippen LogP contribution < -0.4 is 5.43 Å². The van der Waals surface area contributed by atoms with Crippen molar-refractivity contribution in [3.8, 4) is 5.69 Å². The van der Waals surface area contributed by atoms with Crippen LogP contribution in [-0.4, -0.2) is 20.9 Å². The second-order valence-electron chi connectivity index (χ2n) is 3.84. The second kappa shape index (κ2) is 4.93. The Morgan fingerprint density at radius 2 is 2.16 bits per heavy atom. The summed E-state index contributed by atoms with van der Waals surface area (Å²) in [7, 11) is 0. The highest BCUT2D eigenvalue weighted by Crippen LogP contribution is 2.18. The Balaban J connectivity index is 2.66. The van der Waals surface area contributed by atoms with E-state index in [-0.39, 0.29) is 10.0 Å². The summed E-state index contributed by atoms with van der Waals surface area (Å²) in [5.74, 6) is -1.84. The summed E-state index contributed by atoms with van der Waals surface area (Å²) in [6, 6.07) is 4.09. The Morgan fingerprint density at radius 1 is 1.47 bits per heavy atom.